The Labute approximate surface area is 355 Å². The molecule has 2 aromatic carbocycles. The number of amides is 4. The summed E-state index contributed by atoms with van der Waals surface area (Å²) >= 11 is 3.61. The zero-order valence-electron chi connectivity index (χ0n) is 35.1. The van der Waals surface area contributed by atoms with Gasteiger partial charge in [-0.1, -0.05) is 114 Å². The zero-order valence-corrected chi connectivity index (χ0v) is 36.8. The van der Waals surface area contributed by atoms with Gasteiger partial charge in [0.15, 0.2) is 0 Å². The van der Waals surface area contributed by atoms with E-state index in [1.165, 1.54) is 0 Å². The molecular weight excluding hydrogens is 769 g/mol. The number of rotatable bonds is 19. The van der Waals surface area contributed by atoms with Gasteiger partial charge in [-0.3, -0.25) is 19.2 Å². The van der Waals surface area contributed by atoms with Gasteiger partial charge in [0.25, 0.3) is 0 Å². The zero-order chi connectivity index (χ0) is 41.1. The van der Waals surface area contributed by atoms with Crippen molar-refractivity contribution in [3.05, 3.63) is 71.8 Å². The topological polar surface area (TPSA) is 117 Å². The lowest BCUT2D eigenvalue weighted by molar-refractivity contribution is -0.141. The number of hydrogen-bond acceptors (Lipinski definition) is 8. The van der Waals surface area contributed by atoms with Crippen LogP contribution in [0.15, 0.2) is 60.7 Å². The minimum Gasteiger partial charge on any atom is -0.379 e. The molecule has 4 aliphatic rings. The summed E-state index contributed by atoms with van der Waals surface area (Å²) in [6.07, 6.45) is 10.6. The number of thioether (sulfide) groups is 2. The summed E-state index contributed by atoms with van der Waals surface area (Å²) in [4.78, 5) is 57.8. The van der Waals surface area contributed by atoms with E-state index in [0.717, 1.165) is 86.8 Å². The second-order valence-corrected chi connectivity index (χ2v) is 20.4. The Morgan fingerprint density at radius 1 is 0.638 bits per heavy atom. The Balaban J connectivity index is 0.894. The van der Waals surface area contributed by atoms with Crippen molar-refractivity contribution in [2.75, 3.05) is 37.9 Å². The van der Waals surface area contributed by atoms with Gasteiger partial charge in [-0.05, 0) is 72.0 Å². The summed E-state index contributed by atoms with van der Waals surface area (Å²) in [5.41, 5.74) is 1.38. The molecule has 0 aromatic heterocycles. The number of carbonyl (C=O) groups excluding carboxylic acids is 4. The maximum atomic E-state index is 13.9. The van der Waals surface area contributed by atoms with E-state index < -0.39 is 12.1 Å². The monoisotopic (exact) mass is 834 g/mol. The van der Waals surface area contributed by atoms with Crippen LogP contribution < -0.4 is 10.6 Å². The standard InChI is InChI=1S/C46H66N4O6S2/c1-45(2)29-39-49(37(51)23-17-27-57-39)41(45)43(53)47-35(33-19-11-9-12-20-33)31-55-25-15-7-5-6-8-16-26-56-32-36(34-21-13-10-14-22-34)48-44(54)42-46(3,4)30-40-50(42)38(52)24-18-28-58-40/h9-14,19-22,35-36,39-42H,5-8,15-18,23-32H2,1-4H3,(H,47,53)(H,48,54)/t35-,36-,39+,40+,41-,42-/m1/s1. The molecule has 2 aromatic rings. The molecule has 0 saturated carbocycles. The molecule has 318 valence electrons. The molecule has 4 amide bonds. The minimum atomic E-state index is -0.493. The van der Waals surface area contributed by atoms with Crippen molar-refractivity contribution in [3.63, 3.8) is 0 Å². The molecule has 4 fully saturated rings. The number of fused-ring (bicyclic) bond motifs is 2. The van der Waals surface area contributed by atoms with Crippen LogP contribution in [0.4, 0.5) is 0 Å². The highest BCUT2D eigenvalue weighted by molar-refractivity contribution is 8.00. The van der Waals surface area contributed by atoms with E-state index in [-0.39, 0.29) is 57.3 Å². The van der Waals surface area contributed by atoms with Crippen LogP contribution in [0, 0.1) is 10.8 Å². The van der Waals surface area contributed by atoms with E-state index in [0.29, 0.717) is 39.3 Å². The summed E-state index contributed by atoms with van der Waals surface area (Å²) in [5.74, 6) is 1.89. The average Bonchev–Trinajstić information content (AvgIpc) is 3.48. The van der Waals surface area contributed by atoms with Gasteiger partial charge in [0.2, 0.25) is 23.6 Å². The first kappa shape index (κ1) is 44.5. The Bertz CT molecular complexity index is 1540. The van der Waals surface area contributed by atoms with Crippen LogP contribution in [0.5, 0.6) is 0 Å². The first-order chi connectivity index (χ1) is 28.0. The number of hydrogen-bond donors (Lipinski definition) is 2. The Morgan fingerprint density at radius 3 is 1.41 bits per heavy atom. The second kappa shape index (κ2) is 21.0. The van der Waals surface area contributed by atoms with Crippen molar-refractivity contribution >= 4 is 47.2 Å². The molecule has 10 nitrogen and oxygen atoms in total. The highest BCUT2D eigenvalue weighted by Crippen LogP contribution is 2.47. The smallest absolute Gasteiger partial charge is 0.243 e. The SMILES string of the molecule is CC1(C)C[C@@H]2SCCCC(=O)N2[C@@H]1C(=O)N[C@H](COCCCCCCCCOC[C@@H](NC(=O)[C@H]1N2C(=O)CCCS[C@H]2CC1(C)C)c1ccccc1)c1ccccc1. The van der Waals surface area contributed by atoms with E-state index in [2.05, 4.69) is 38.3 Å². The van der Waals surface area contributed by atoms with Crippen LogP contribution in [0.3, 0.4) is 0 Å². The quantitative estimate of drug-likeness (QED) is 0.137. The first-order valence-electron chi connectivity index (χ1n) is 21.7. The number of nitrogens with one attached hydrogen (secondary N) is 2. The van der Waals surface area contributed by atoms with Gasteiger partial charge in [-0.25, -0.2) is 0 Å². The Hall–Kier alpha value is -3.06. The summed E-state index contributed by atoms with van der Waals surface area (Å²) in [7, 11) is 0. The van der Waals surface area contributed by atoms with Gasteiger partial charge in [-0.2, -0.15) is 0 Å². The predicted octanol–water partition coefficient (Wildman–Crippen LogP) is 8.04. The summed E-state index contributed by atoms with van der Waals surface area (Å²) in [6, 6.07) is 18.4. The van der Waals surface area contributed by atoms with E-state index in [4.69, 9.17) is 9.47 Å². The van der Waals surface area contributed by atoms with Crippen molar-refractivity contribution < 1.29 is 28.7 Å². The lowest BCUT2D eigenvalue weighted by atomic mass is 9.84. The highest BCUT2D eigenvalue weighted by Gasteiger charge is 2.54. The third kappa shape index (κ3) is 11.4. The Kier molecular flexibility index (Phi) is 16.1. The van der Waals surface area contributed by atoms with Gasteiger partial charge in [-0.15, -0.1) is 23.5 Å². The molecule has 4 saturated heterocycles. The molecule has 4 aliphatic heterocycles. The third-order valence-corrected chi connectivity index (χ3v) is 14.9. The lowest BCUT2D eigenvalue weighted by Gasteiger charge is -2.33. The molecule has 0 radical (unpaired) electrons. The molecule has 58 heavy (non-hydrogen) atoms. The van der Waals surface area contributed by atoms with Gasteiger partial charge < -0.3 is 29.9 Å². The van der Waals surface area contributed by atoms with Gasteiger partial charge in [0.1, 0.15) is 12.1 Å². The Morgan fingerprint density at radius 2 is 1.02 bits per heavy atom. The van der Waals surface area contributed by atoms with Crippen molar-refractivity contribution in [3.8, 4) is 0 Å². The maximum Gasteiger partial charge on any atom is 0.243 e. The van der Waals surface area contributed by atoms with Crippen LogP contribution >= 0.6 is 23.5 Å². The summed E-state index contributed by atoms with van der Waals surface area (Å²) in [5, 5.41) is 6.68. The molecule has 6 atom stereocenters. The molecule has 0 aliphatic carbocycles. The van der Waals surface area contributed by atoms with Crippen LogP contribution in [-0.4, -0.2) is 94.2 Å². The second-order valence-electron chi connectivity index (χ2n) is 17.9. The molecule has 0 unspecified atom stereocenters. The van der Waals surface area contributed by atoms with Crippen molar-refractivity contribution in [1.82, 2.24) is 20.4 Å². The number of nitrogens with zero attached hydrogens (tertiary/aromatic N) is 2. The largest absolute Gasteiger partial charge is 0.379 e. The van der Waals surface area contributed by atoms with Crippen molar-refractivity contribution in [1.29, 1.82) is 0 Å². The number of ether oxygens (including phenoxy) is 2. The van der Waals surface area contributed by atoms with E-state index in [1.807, 2.05) is 70.5 Å². The first-order valence-corrected chi connectivity index (χ1v) is 23.8. The van der Waals surface area contributed by atoms with Gasteiger partial charge in [0, 0.05) is 26.1 Å². The fourth-order valence-electron chi connectivity index (χ4n) is 9.23. The van der Waals surface area contributed by atoms with Crippen LogP contribution in [-0.2, 0) is 28.7 Å². The molecule has 4 heterocycles. The molecule has 0 spiro atoms. The molecule has 12 heteroatoms. The van der Waals surface area contributed by atoms with Crippen LogP contribution in [0.2, 0.25) is 0 Å². The fourth-order valence-corrected chi connectivity index (χ4v) is 12.3. The molecular formula is C46H66N4O6S2. The molecule has 2 N–H and O–H groups in total. The highest BCUT2D eigenvalue weighted by atomic mass is 32.2. The van der Waals surface area contributed by atoms with Crippen LogP contribution in [0.25, 0.3) is 0 Å². The summed E-state index contributed by atoms with van der Waals surface area (Å²) < 4.78 is 12.3. The van der Waals surface area contributed by atoms with Gasteiger partial charge >= 0.3 is 0 Å². The average molecular weight is 835 g/mol. The molecule has 0 bridgehead atoms. The van der Waals surface area contributed by atoms with Gasteiger partial charge in [0.05, 0.1) is 36.0 Å². The van der Waals surface area contributed by atoms with Crippen molar-refractivity contribution in [2.45, 2.75) is 140 Å². The van der Waals surface area contributed by atoms with Crippen molar-refractivity contribution in [2.24, 2.45) is 10.8 Å². The predicted molar refractivity (Wildman–Crippen MR) is 233 cm³/mol. The number of carbonyl (C=O) groups is 4. The van der Waals surface area contributed by atoms with Crippen LogP contribution in [0.1, 0.15) is 128 Å². The molecule has 6 rings (SSSR count). The number of unbranched alkanes of at least 4 members (excludes halogenated alkanes) is 5. The summed E-state index contributed by atoms with van der Waals surface area (Å²) in [6.45, 7) is 10.4. The minimum absolute atomic E-state index is 0.0575. The van der Waals surface area contributed by atoms with E-state index in [1.54, 1.807) is 23.5 Å². The normalized spacial score (nSPS) is 25.0. The van der Waals surface area contributed by atoms with E-state index >= 15 is 0 Å². The fraction of sp³-hybridized carbons (Fsp3) is 0.652. The number of benzene rings is 2. The van der Waals surface area contributed by atoms with E-state index in [9.17, 15) is 19.2 Å². The lowest BCUT2D eigenvalue weighted by Crippen LogP contribution is -2.53. The maximum absolute atomic E-state index is 13.9. The third-order valence-electron chi connectivity index (χ3n) is 12.3.